The van der Waals surface area contributed by atoms with Crippen LogP contribution in [0.1, 0.15) is 27.2 Å². The van der Waals surface area contributed by atoms with Crippen LogP contribution in [0.25, 0.3) is 10.7 Å². The van der Waals surface area contributed by atoms with Crippen LogP contribution in [0.2, 0.25) is 0 Å². The van der Waals surface area contributed by atoms with Gasteiger partial charge in [0.1, 0.15) is 6.61 Å². The highest BCUT2D eigenvalue weighted by Gasteiger charge is 2.20. The van der Waals surface area contributed by atoms with Gasteiger partial charge in [0.25, 0.3) is 5.56 Å². The number of rotatable bonds is 8. The molecule has 4 N–H and O–H groups in total. The van der Waals surface area contributed by atoms with Gasteiger partial charge in [-0.2, -0.15) is 0 Å². The van der Waals surface area contributed by atoms with Crippen molar-refractivity contribution in [3.63, 3.8) is 0 Å². The van der Waals surface area contributed by atoms with E-state index < -0.39 is 29.1 Å². The van der Waals surface area contributed by atoms with Crippen molar-refractivity contribution in [1.82, 2.24) is 9.97 Å². The second kappa shape index (κ2) is 10.7. The summed E-state index contributed by atoms with van der Waals surface area (Å²) in [6.07, 6.45) is 1.04. The van der Waals surface area contributed by atoms with Crippen molar-refractivity contribution < 1.29 is 24.5 Å². The second-order valence-electron chi connectivity index (χ2n) is 7.59. The predicted molar refractivity (Wildman–Crippen MR) is 131 cm³/mol. The molecule has 178 valence electrons. The van der Waals surface area contributed by atoms with Crippen LogP contribution < -0.4 is 10.9 Å². The van der Waals surface area contributed by atoms with E-state index in [1.165, 1.54) is 5.56 Å². The van der Waals surface area contributed by atoms with Gasteiger partial charge in [-0.1, -0.05) is 54.6 Å². The molecule has 0 saturated heterocycles. The quantitative estimate of drug-likeness (QED) is 0.285. The molecule has 10 heteroatoms. The summed E-state index contributed by atoms with van der Waals surface area (Å²) in [6, 6.07) is 19.6. The van der Waals surface area contributed by atoms with Crippen LogP contribution in [0.15, 0.2) is 70.8 Å². The van der Waals surface area contributed by atoms with Crippen molar-refractivity contribution >= 4 is 29.1 Å². The van der Waals surface area contributed by atoms with Gasteiger partial charge >= 0.3 is 12.1 Å². The maximum absolute atomic E-state index is 12.4. The Morgan fingerprint density at radius 1 is 1.00 bits per heavy atom. The third-order valence-corrected chi connectivity index (χ3v) is 6.04. The lowest BCUT2D eigenvalue weighted by Crippen LogP contribution is -2.16. The number of benzene rings is 2. The Kier molecular flexibility index (Phi) is 7.22. The Balaban J connectivity index is 1.39. The molecule has 1 amide bonds. The molecule has 2 aromatic carbocycles. The summed E-state index contributed by atoms with van der Waals surface area (Å²) in [4.78, 5) is 42.0. The Bertz CT molecular complexity index is 1410. The summed E-state index contributed by atoms with van der Waals surface area (Å²) >= 11 is 1.12. The predicted octanol–water partition coefficient (Wildman–Crippen LogP) is 4.44. The first-order valence-corrected chi connectivity index (χ1v) is 11.5. The number of nitrogens with zero attached hydrogens (tertiary/aromatic N) is 1. The number of thiophene rings is 1. The van der Waals surface area contributed by atoms with E-state index in [4.69, 9.17) is 9.84 Å². The zero-order valence-corrected chi connectivity index (χ0v) is 19.2. The van der Waals surface area contributed by atoms with Gasteiger partial charge in [-0.15, -0.1) is 11.3 Å². The topological polar surface area (TPSA) is 142 Å². The summed E-state index contributed by atoms with van der Waals surface area (Å²) in [6.45, 7) is 0.0575. The van der Waals surface area contributed by atoms with E-state index in [2.05, 4.69) is 27.4 Å². The molecule has 0 spiro atoms. The molecule has 0 radical (unpaired) electrons. The number of amides is 1. The van der Waals surface area contributed by atoms with Crippen LogP contribution >= 0.6 is 11.3 Å². The lowest BCUT2D eigenvalue weighted by molar-refractivity contribution is 0.0686. The number of nitrogens with one attached hydrogen (secondary N) is 2. The molecule has 35 heavy (non-hydrogen) atoms. The number of hydrogen-bond donors (Lipinski definition) is 4. The number of H-pyrrole nitrogens is 1. The van der Waals surface area contributed by atoms with Gasteiger partial charge in [-0.05, 0) is 41.0 Å². The molecule has 0 aliphatic rings. The molecule has 2 aromatic heterocycles. The number of aryl methyl sites for hydroxylation is 2. The Labute approximate surface area is 203 Å². The lowest BCUT2D eigenvalue weighted by Gasteiger charge is -2.09. The van der Waals surface area contributed by atoms with Gasteiger partial charge in [0.15, 0.2) is 11.5 Å². The fourth-order valence-corrected chi connectivity index (χ4v) is 4.21. The van der Waals surface area contributed by atoms with Gasteiger partial charge in [0.2, 0.25) is 5.75 Å². The number of ether oxygens (including phenoxy) is 1. The summed E-state index contributed by atoms with van der Waals surface area (Å²) in [7, 11) is 0. The number of aromatic amines is 1. The first-order valence-electron chi connectivity index (χ1n) is 10.6. The molecule has 0 bridgehead atoms. The van der Waals surface area contributed by atoms with Crippen LogP contribution in [0.3, 0.4) is 0 Å². The van der Waals surface area contributed by atoms with E-state index in [9.17, 15) is 19.5 Å². The fraction of sp³-hybridized carbons (Fsp3) is 0.120. The molecule has 0 aliphatic heterocycles. The summed E-state index contributed by atoms with van der Waals surface area (Å²) in [5.74, 6) is -2.63. The van der Waals surface area contributed by atoms with E-state index in [0.29, 0.717) is 4.88 Å². The third-order valence-electron chi connectivity index (χ3n) is 5.12. The van der Waals surface area contributed by atoms with Gasteiger partial charge in [0.05, 0.1) is 10.6 Å². The standard InChI is InChI=1S/C25H21N3O6S/c29-20-19(24(31)32)27-22(28-23(20)30)21-18(11-12-35-21)26-25(33)34-14-17-8-4-7-16(13-17)10-9-15-5-2-1-3-6-15/h1-8,11-13,29H,9-10,14H2,(H,26,33)(H,31,32)(H,27,28,30). The third kappa shape index (κ3) is 5.92. The van der Waals surface area contributed by atoms with E-state index in [1.54, 1.807) is 11.4 Å². The number of aromatic hydroxyl groups is 1. The summed E-state index contributed by atoms with van der Waals surface area (Å²) in [5, 5.41) is 23.0. The van der Waals surface area contributed by atoms with E-state index >= 15 is 0 Å². The Morgan fingerprint density at radius 3 is 2.49 bits per heavy atom. The van der Waals surface area contributed by atoms with Crippen molar-refractivity contribution in [3.05, 3.63) is 98.8 Å². The van der Waals surface area contributed by atoms with Crippen LogP contribution in [-0.2, 0) is 24.2 Å². The Morgan fingerprint density at radius 2 is 1.71 bits per heavy atom. The number of hydrogen-bond acceptors (Lipinski definition) is 7. The molecule has 4 rings (SSSR count). The SMILES string of the molecule is O=C(Nc1ccsc1-c1nc(C(=O)O)c(O)c(=O)[nH]1)OCc1cccc(CCc2ccccc2)c1. The normalized spacial score (nSPS) is 10.6. The van der Waals surface area contributed by atoms with Crippen molar-refractivity contribution in [1.29, 1.82) is 0 Å². The molecule has 2 heterocycles. The molecule has 9 nitrogen and oxygen atoms in total. The van der Waals surface area contributed by atoms with Crippen molar-refractivity contribution in [2.45, 2.75) is 19.4 Å². The number of carbonyl (C=O) groups excluding carboxylic acids is 1. The number of anilines is 1. The van der Waals surface area contributed by atoms with Crippen LogP contribution in [0, 0.1) is 0 Å². The van der Waals surface area contributed by atoms with Crippen molar-refractivity contribution in [2.24, 2.45) is 0 Å². The molecule has 4 aromatic rings. The highest BCUT2D eigenvalue weighted by Crippen LogP contribution is 2.31. The monoisotopic (exact) mass is 491 g/mol. The highest BCUT2D eigenvalue weighted by molar-refractivity contribution is 7.14. The molecule has 0 aliphatic carbocycles. The van der Waals surface area contributed by atoms with Gasteiger partial charge in [-0.3, -0.25) is 10.1 Å². The number of carboxylic acid groups (broad SMARTS) is 1. The van der Waals surface area contributed by atoms with E-state index in [-0.39, 0.29) is 18.1 Å². The minimum absolute atomic E-state index is 0.0575. The van der Waals surface area contributed by atoms with Crippen LogP contribution in [-0.4, -0.2) is 32.2 Å². The minimum Gasteiger partial charge on any atom is -0.501 e. The molecule has 0 saturated carbocycles. The average Bonchev–Trinajstić information content (AvgIpc) is 3.32. The molecule has 0 fully saturated rings. The average molecular weight is 492 g/mol. The van der Waals surface area contributed by atoms with Gasteiger partial charge < -0.3 is 19.9 Å². The first-order chi connectivity index (χ1) is 16.9. The zero-order valence-electron chi connectivity index (χ0n) is 18.4. The second-order valence-corrected chi connectivity index (χ2v) is 8.50. The summed E-state index contributed by atoms with van der Waals surface area (Å²) < 4.78 is 5.34. The minimum atomic E-state index is -1.55. The Hall–Kier alpha value is -4.44. The largest absolute Gasteiger partial charge is 0.501 e. The maximum atomic E-state index is 12.4. The number of carbonyl (C=O) groups is 2. The van der Waals surface area contributed by atoms with Crippen LogP contribution in [0.5, 0.6) is 5.75 Å². The number of carboxylic acids is 1. The zero-order chi connectivity index (χ0) is 24.8. The van der Waals surface area contributed by atoms with E-state index in [1.807, 2.05) is 42.5 Å². The molecular weight excluding hydrogens is 470 g/mol. The van der Waals surface area contributed by atoms with Crippen molar-refractivity contribution in [3.8, 4) is 16.5 Å². The smallest absolute Gasteiger partial charge is 0.412 e. The number of aromatic carboxylic acids is 1. The molecule has 0 atom stereocenters. The van der Waals surface area contributed by atoms with Crippen LogP contribution in [0.4, 0.5) is 10.5 Å². The molecular formula is C25H21N3O6S. The fourth-order valence-electron chi connectivity index (χ4n) is 3.42. The number of aromatic nitrogens is 2. The first kappa shape index (κ1) is 23.7. The van der Waals surface area contributed by atoms with Gasteiger partial charge in [0, 0.05) is 0 Å². The van der Waals surface area contributed by atoms with E-state index in [0.717, 1.165) is 35.3 Å². The van der Waals surface area contributed by atoms with Crippen molar-refractivity contribution in [2.75, 3.05) is 5.32 Å². The summed E-state index contributed by atoms with van der Waals surface area (Å²) in [5.41, 5.74) is 1.72. The van der Waals surface area contributed by atoms with Gasteiger partial charge in [-0.25, -0.2) is 14.6 Å². The maximum Gasteiger partial charge on any atom is 0.412 e. The molecule has 0 unspecified atom stereocenters. The highest BCUT2D eigenvalue weighted by atomic mass is 32.1. The lowest BCUT2D eigenvalue weighted by atomic mass is 10.0.